The topological polar surface area (TPSA) is 132 Å². The van der Waals surface area contributed by atoms with Gasteiger partial charge in [0.25, 0.3) is 0 Å². The molecular formula is C52H80NNaO8. The summed E-state index contributed by atoms with van der Waals surface area (Å²) in [7, 11) is 0. The third-order valence-corrected chi connectivity index (χ3v) is 12.2. The minimum atomic E-state index is -1.32. The normalized spacial score (nSPS) is 11.2. The Morgan fingerprint density at radius 2 is 0.887 bits per heavy atom. The summed E-state index contributed by atoms with van der Waals surface area (Å²) in [4.78, 5) is 56.6. The van der Waals surface area contributed by atoms with Crippen LogP contribution in [0.25, 0.3) is 10.8 Å². The van der Waals surface area contributed by atoms with Crippen molar-refractivity contribution in [2.45, 2.75) is 232 Å². The summed E-state index contributed by atoms with van der Waals surface area (Å²) >= 11 is 0. The molecule has 2 aromatic carbocycles. The maximum atomic E-state index is 13.2. The van der Waals surface area contributed by atoms with Gasteiger partial charge in [0.2, 0.25) is 0 Å². The Morgan fingerprint density at radius 1 is 0.500 bits per heavy atom. The molecule has 4 rings (SSSR count). The maximum Gasteiger partial charge on any atom is 1.00 e. The van der Waals surface area contributed by atoms with E-state index in [1.807, 2.05) is 0 Å². The molecule has 0 radical (unpaired) electrons. The van der Waals surface area contributed by atoms with E-state index in [-0.39, 0.29) is 56.5 Å². The number of fused-ring (bicyclic) bond motifs is 6. The summed E-state index contributed by atoms with van der Waals surface area (Å²) in [6.45, 7) is 4.52. The molecule has 9 nitrogen and oxygen atoms in total. The number of benzene rings is 2. The number of carboxylic acid groups (broad SMARTS) is 1. The maximum absolute atomic E-state index is 13.2. The number of unbranched alkanes of at least 4 members (excludes halogenated alkanes) is 30. The molecule has 0 N–H and O–H groups in total. The molecule has 2 bridgehead atoms. The van der Waals surface area contributed by atoms with Crippen molar-refractivity contribution < 1.29 is 58.1 Å². The van der Waals surface area contributed by atoms with Gasteiger partial charge in [0.1, 0.15) is 0 Å². The Bertz CT molecular complexity index is 1790. The second-order valence-electron chi connectivity index (χ2n) is 17.5. The molecule has 0 aliphatic rings. The molecule has 4 aromatic rings. The van der Waals surface area contributed by atoms with Gasteiger partial charge in [-0.1, -0.05) is 213 Å². The van der Waals surface area contributed by atoms with Gasteiger partial charge in [0.15, 0.2) is 5.08 Å². The minimum absolute atomic E-state index is 0. The zero-order valence-electron chi connectivity index (χ0n) is 39.2. The van der Waals surface area contributed by atoms with Crippen LogP contribution in [0.1, 0.15) is 251 Å². The molecule has 0 amide bonds. The molecule has 0 fully saturated rings. The van der Waals surface area contributed by atoms with E-state index in [9.17, 15) is 24.3 Å². The number of aryl methyl sites for hydroxylation is 2. The van der Waals surface area contributed by atoms with E-state index in [4.69, 9.17) is 13.9 Å². The standard InChI is InChI=1S/C52H81NO8.Na/c1-3-5-7-9-11-13-15-17-19-21-23-25-27-29-31-33-35-43-41-45(37-39-47(43)49(54)55)50(56)59-53-60-51(57)46-38-40-48(52(58)61-53)44(42-46)36-34-32-30-28-26-24-22-20-18-16-14-12-10-8-6-4-2;/h37-42H,3-36H2,1-2H3,(H,54,55);/q;+1/p-1. The Labute approximate surface area is 395 Å². The van der Waals surface area contributed by atoms with Gasteiger partial charge in [-0.2, -0.15) is 0 Å². The van der Waals surface area contributed by atoms with Crippen molar-refractivity contribution in [3.05, 3.63) is 79.5 Å². The van der Waals surface area contributed by atoms with Crippen molar-refractivity contribution in [1.82, 2.24) is 5.08 Å². The fourth-order valence-electron chi connectivity index (χ4n) is 8.39. The number of carbonyl (C=O) groups excluding carboxylic acids is 2. The van der Waals surface area contributed by atoms with E-state index < -0.39 is 23.2 Å². The van der Waals surface area contributed by atoms with Crippen molar-refractivity contribution in [2.75, 3.05) is 0 Å². The van der Waals surface area contributed by atoms with Crippen LogP contribution in [0.2, 0.25) is 0 Å². The van der Waals surface area contributed by atoms with E-state index >= 15 is 0 Å². The first-order valence-electron chi connectivity index (χ1n) is 24.8. The van der Waals surface area contributed by atoms with Crippen molar-refractivity contribution in [1.29, 1.82) is 0 Å². The van der Waals surface area contributed by atoms with Crippen LogP contribution in [0.15, 0.2) is 55.0 Å². The van der Waals surface area contributed by atoms with Crippen molar-refractivity contribution >= 4 is 22.7 Å². The van der Waals surface area contributed by atoms with Gasteiger partial charge in [0, 0.05) is 5.56 Å². The molecule has 0 atom stereocenters. The second kappa shape index (κ2) is 35.5. The smallest absolute Gasteiger partial charge is 0.545 e. The van der Waals surface area contributed by atoms with Gasteiger partial charge >= 0.3 is 46.8 Å². The molecule has 0 unspecified atom stereocenters. The summed E-state index contributed by atoms with van der Waals surface area (Å²) in [5.41, 5.74) is -0.511. The second-order valence-corrected chi connectivity index (χ2v) is 17.5. The predicted molar refractivity (Wildman–Crippen MR) is 246 cm³/mol. The van der Waals surface area contributed by atoms with Crippen molar-refractivity contribution in [3.8, 4) is 0 Å². The zero-order valence-corrected chi connectivity index (χ0v) is 41.2. The van der Waals surface area contributed by atoms with E-state index in [1.54, 1.807) is 6.07 Å². The Hall–Kier alpha value is -2.88. The number of aromatic carboxylic acids is 1. The zero-order chi connectivity index (χ0) is 43.8. The van der Waals surface area contributed by atoms with Gasteiger partial charge < -0.3 is 9.90 Å². The quantitative estimate of drug-likeness (QED) is 0.0413. The van der Waals surface area contributed by atoms with Crippen LogP contribution >= 0.6 is 0 Å². The molecule has 0 spiro atoms. The molecule has 0 saturated heterocycles. The summed E-state index contributed by atoms with van der Waals surface area (Å²) in [6, 6.07) is 8.73. The SMILES string of the molecule is CCCCCCCCCCCCCCCCCCc1cc(C(=O)On2oc(=O)c3ccc(c(CCCCCCCCCCCCCCCCCC)c3)c(=O)o2)ccc1C(=O)[O-].[Na+]. The molecule has 2 aromatic heterocycles. The third kappa shape index (κ3) is 23.7. The number of carboxylic acids is 1. The molecule has 0 aliphatic carbocycles. The first-order chi connectivity index (χ1) is 29.8. The van der Waals surface area contributed by atoms with Gasteiger partial charge in [-0.05, 0) is 67.1 Å². The average molecular weight is 870 g/mol. The van der Waals surface area contributed by atoms with Crippen LogP contribution in [0, 0.1) is 0 Å². The molecule has 62 heavy (non-hydrogen) atoms. The fourth-order valence-corrected chi connectivity index (χ4v) is 8.39. The van der Waals surface area contributed by atoms with Gasteiger partial charge in [-0.3, -0.25) is 13.9 Å². The van der Waals surface area contributed by atoms with Crippen molar-refractivity contribution in [3.63, 3.8) is 0 Å². The number of rotatable bonds is 37. The number of carbonyl (C=O) groups is 2. The Kier molecular flexibility index (Phi) is 31.6. The average Bonchev–Trinajstić information content (AvgIpc) is 3.33. The first-order valence-corrected chi connectivity index (χ1v) is 24.8. The van der Waals surface area contributed by atoms with Crippen LogP contribution in [-0.2, 0) is 12.8 Å². The minimum Gasteiger partial charge on any atom is -0.545 e. The van der Waals surface area contributed by atoms with Gasteiger partial charge in [0.05, 0.1) is 22.3 Å². The molecule has 0 aliphatic heterocycles. The van der Waals surface area contributed by atoms with Crippen LogP contribution in [0.3, 0.4) is 0 Å². The van der Waals surface area contributed by atoms with E-state index in [1.165, 1.54) is 191 Å². The molecule has 2 heterocycles. The number of hydrogen-bond acceptors (Lipinski definition) is 8. The number of aromatic nitrogens is 1. The largest absolute Gasteiger partial charge is 1.00 e. The summed E-state index contributed by atoms with van der Waals surface area (Å²) in [5.74, 6) is -2.30. The van der Waals surface area contributed by atoms with E-state index in [2.05, 4.69) is 13.8 Å². The molecular weight excluding hydrogens is 790 g/mol. The van der Waals surface area contributed by atoms with Gasteiger partial charge in [-0.15, -0.1) is 0 Å². The van der Waals surface area contributed by atoms with Crippen molar-refractivity contribution in [2.24, 2.45) is 0 Å². The Balaban J connectivity index is 0.0000132. The van der Waals surface area contributed by atoms with Gasteiger partial charge in [-0.25, -0.2) is 14.4 Å². The Morgan fingerprint density at radius 3 is 1.31 bits per heavy atom. The number of hydrogen-bond donors (Lipinski definition) is 0. The summed E-state index contributed by atoms with van der Waals surface area (Å²) < 4.78 is 10.4. The monoisotopic (exact) mass is 870 g/mol. The fraction of sp³-hybridized carbons (Fsp3) is 0.692. The molecule has 0 saturated carbocycles. The van der Waals surface area contributed by atoms with Crippen LogP contribution in [-0.4, -0.2) is 17.0 Å². The third-order valence-electron chi connectivity index (χ3n) is 12.2. The molecule has 10 heteroatoms. The summed E-state index contributed by atoms with van der Waals surface area (Å²) in [6.07, 6.45) is 41.2. The first kappa shape index (κ1) is 55.3. The van der Waals surface area contributed by atoms with E-state index in [0.717, 1.165) is 44.9 Å². The number of nitrogens with zero attached hydrogens (tertiary/aromatic N) is 1. The van der Waals surface area contributed by atoms with Crippen LogP contribution < -0.4 is 50.8 Å². The van der Waals surface area contributed by atoms with E-state index in [0.29, 0.717) is 24.0 Å². The predicted octanol–water partition coefficient (Wildman–Crippen LogP) is 10.4. The van der Waals surface area contributed by atoms with Crippen LogP contribution in [0.4, 0.5) is 0 Å². The van der Waals surface area contributed by atoms with Crippen LogP contribution in [0.5, 0.6) is 0 Å². The summed E-state index contributed by atoms with van der Waals surface area (Å²) in [5, 5.41) is 12.5. The molecule has 342 valence electrons.